The van der Waals surface area contributed by atoms with Crippen molar-refractivity contribution in [1.82, 2.24) is 5.32 Å². The molecule has 1 N–H and O–H groups in total. The normalized spacial score (nSPS) is 22.1. The van der Waals surface area contributed by atoms with Crippen LogP contribution in [0.1, 0.15) is 124 Å². The van der Waals surface area contributed by atoms with Crippen LogP contribution in [0.4, 0.5) is 0 Å². The number of ether oxygens (including phenoxy) is 1. The maximum absolute atomic E-state index is 13.2. The zero-order chi connectivity index (χ0) is 30.3. The van der Waals surface area contributed by atoms with Gasteiger partial charge in [-0.1, -0.05) is 81.0 Å². The van der Waals surface area contributed by atoms with E-state index in [4.69, 9.17) is 4.74 Å². The Balaban J connectivity index is 0.00000215. The fourth-order valence-corrected chi connectivity index (χ4v) is 6.19. The van der Waals surface area contributed by atoms with Gasteiger partial charge in [-0.25, -0.2) is 0 Å². The molecule has 0 radical (unpaired) electrons. The second-order valence-electron chi connectivity index (χ2n) is 11.0. The third-order valence-corrected chi connectivity index (χ3v) is 8.01. The molecule has 1 aliphatic carbocycles. The van der Waals surface area contributed by atoms with Crippen molar-refractivity contribution >= 4 is 23.4 Å². The molecular formula is C35H59NO5. The maximum atomic E-state index is 13.2. The fraction of sp³-hybridized carbons (Fsp3) is 0.714. The van der Waals surface area contributed by atoms with E-state index < -0.39 is 0 Å². The van der Waals surface area contributed by atoms with Crippen molar-refractivity contribution in [3.63, 3.8) is 0 Å². The van der Waals surface area contributed by atoms with Gasteiger partial charge in [0.05, 0.1) is 0 Å². The number of rotatable bonds is 5. The van der Waals surface area contributed by atoms with Gasteiger partial charge in [0.2, 0.25) is 11.8 Å². The molecule has 41 heavy (non-hydrogen) atoms. The summed E-state index contributed by atoms with van der Waals surface area (Å²) in [4.78, 5) is 50.1. The number of carbonyl (C=O) groups excluding carboxylic acids is 4. The van der Waals surface area contributed by atoms with Gasteiger partial charge in [0.15, 0.2) is 0 Å². The maximum Gasteiger partial charge on any atom is 0.226 e. The molecule has 2 aliphatic heterocycles. The van der Waals surface area contributed by atoms with Gasteiger partial charge in [-0.15, -0.1) is 0 Å². The second kappa shape index (κ2) is 19.7. The highest BCUT2D eigenvalue weighted by atomic mass is 16.5. The summed E-state index contributed by atoms with van der Waals surface area (Å²) in [5.74, 6) is 0.420. The Morgan fingerprint density at radius 1 is 0.878 bits per heavy atom. The molecule has 1 aromatic carbocycles. The van der Waals surface area contributed by atoms with E-state index in [0.29, 0.717) is 38.0 Å². The SMILES string of the molecule is C.CC.CC.CC.CC1(C)CC(C2CCOCC2)C(CC(=O)Cc2ccc3c(c2)CCC(=O)NC(=O)CCC3)C1=O. The van der Waals surface area contributed by atoms with Gasteiger partial charge >= 0.3 is 0 Å². The molecule has 2 atom stereocenters. The number of benzene rings is 1. The second-order valence-corrected chi connectivity index (χ2v) is 11.0. The summed E-state index contributed by atoms with van der Waals surface area (Å²) in [5.41, 5.74) is 2.79. The quantitative estimate of drug-likeness (QED) is 0.369. The zero-order valence-electron chi connectivity index (χ0n) is 26.5. The summed E-state index contributed by atoms with van der Waals surface area (Å²) < 4.78 is 5.53. The molecule has 0 aromatic heterocycles. The highest BCUT2D eigenvalue weighted by Gasteiger charge is 2.50. The lowest BCUT2D eigenvalue weighted by Gasteiger charge is -2.31. The number of aryl methyl sites for hydroxylation is 2. The Bertz CT molecular complexity index is 961. The van der Waals surface area contributed by atoms with Crippen molar-refractivity contribution in [3.8, 4) is 0 Å². The smallest absolute Gasteiger partial charge is 0.226 e. The number of ketones is 2. The fourth-order valence-electron chi connectivity index (χ4n) is 6.19. The van der Waals surface area contributed by atoms with E-state index in [-0.39, 0.29) is 54.5 Å². The molecule has 4 rings (SSSR count). The van der Waals surface area contributed by atoms with Crippen molar-refractivity contribution in [2.24, 2.45) is 23.2 Å². The minimum Gasteiger partial charge on any atom is -0.381 e. The molecular weight excluding hydrogens is 514 g/mol. The van der Waals surface area contributed by atoms with Gasteiger partial charge in [0, 0.05) is 50.2 Å². The highest BCUT2D eigenvalue weighted by Crippen LogP contribution is 2.49. The topological polar surface area (TPSA) is 89.5 Å². The van der Waals surface area contributed by atoms with Gasteiger partial charge in [0.25, 0.3) is 0 Å². The monoisotopic (exact) mass is 573 g/mol. The molecule has 234 valence electrons. The Hall–Kier alpha value is -2.34. The molecule has 2 unspecified atom stereocenters. The van der Waals surface area contributed by atoms with Crippen LogP contribution < -0.4 is 5.32 Å². The number of carbonyl (C=O) groups is 4. The minimum absolute atomic E-state index is 0. The van der Waals surface area contributed by atoms with Gasteiger partial charge in [-0.3, -0.25) is 24.5 Å². The van der Waals surface area contributed by atoms with Gasteiger partial charge < -0.3 is 4.74 Å². The summed E-state index contributed by atoms with van der Waals surface area (Å²) in [6.45, 7) is 17.5. The Morgan fingerprint density at radius 3 is 2.12 bits per heavy atom. The first-order chi connectivity index (χ1) is 19.2. The van der Waals surface area contributed by atoms with E-state index in [2.05, 4.69) is 5.32 Å². The summed E-state index contributed by atoms with van der Waals surface area (Å²) in [6, 6.07) is 6.07. The lowest BCUT2D eigenvalue weighted by Crippen LogP contribution is -2.31. The number of hydrogen-bond donors (Lipinski definition) is 1. The molecule has 1 saturated carbocycles. The molecule has 1 saturated heterocycles. The predicted molar refractivity (Wildman–Crippen MR) is 169 cm³/mol. The van der Waals surface area contributed by atoms with Crippen LogP contribution in [0, 0.1) is 23.2 Å². The molecule has 2 heterocycles. The molecule has 6 nitrogen and oxygen atoms in total. The first kappa shape index (κ1) is 38.7. The van der Waals surface area contributed by atoms with Crippen LogP contribution in [-0.4, -0.2) is 36.6 Å². The largest absolute Gasteiger partial charge is 0.381 e. The van der Waals surface area contributed by atoms with Crippen LogP contribution >= 0.6 is 0 Å². The number of Topliss-reactive ketones (excluding diaryl/α,β-unsaturated/α-hetero) is 2. The third kappa shape index (κ3) is 11.5. The average molecular weight is 574 g/mol. The standard InChI is InChI=1S/C28H37NO5.3C2H6.CH4/c1-28(2)17-24(20-10-12-34-13-11-20)23(27(28)33)16-22(30)15-18-6-7-19-4-3-5-25(31)29-26(32)9-8-21(19)14-18;3*1-2;/h6-7,14,20,23-24H,3-5,8-13,15-17H2,1-2H3,(H,29,31,32);3*1-2H3;1H4. The zero-order valence-corrected chi connectivity index (χ0v) is 26.5. The number of nitrogens with one attached hydrogen (secondary N) is 1. The Kier molecular flexibility index (Phi) is 18.6. The van der Waals surface area contributed by atoms with Crippen LogP contribution in [0.5, 0.6) is 0 Å². The molecule has 0 spiro atoms. The summed E-state index contributed by atoms with van der Waals surface area (Å²) in [7, 11) is 0. The third-order valence-electron chi connectivity index (χ3n) is 8.01. The molecule has 0 bridgehead atoms. The lowest BCUT2D eigenvalue weighted by molar-refractivity contribution is -0.131. The molecule has 1 aromatic rings. The first-order valence-electron chi connectivity index (χ1n) is 15.8. The summed E-state index contributed by atoms with van der Waals surface area (Å²) in [6.07, 6.45) is 6.05. The first-order valence-corrected chi connectivity index (χ1v) is 15.8. The van der Waals surface area contributed by atoms with Crippen LogP contribution in [0.3, 0.4) is 0 Å². The minimum atomic E-state index is -0.365. The van der Waals surface area contributed by atoms with E-state index in [1.165, 1.54) is 0 Å². The highest BCUT2D eigenvalue weighted by molar-refractivity contribution is 5.95. The van der Waals surface area contributed by atoms with Gasteiger partial charge in [0.1, 0.15) is 11.6 Å². The number of fused-ring (bicyclic) bond motifs is 1. The molecule has 3 aliphatic rings. The summed E-state index contributed by atoms with van der Waals surface area (Å²) >= 11 is 0. The van der Waals surface area contributed by atoms with Crippen molar-refractivity contribution in [2.75, 3.05) is 13.2 Å². The van der Waals surface area contributed by atoms with Crippen LogP contribution in [0.2, 0.25) is 0 Å². The Labute approximate surface area is 250 Å². The summed E-state index contributed by atoms with van der Waals surface area (Å²) in [5, 5.41) is 2.44. The number of amides is 2. The van der Waals surface area contributed by atoms with E-state index in [1.54, 1.807) is 0 Å². The number of hydrogen-bond acceptors (Lipinski definition) is 5. The molecule has 6 heteroatoms. The van der Waals surface area contributed by atoms with Crippen LogP contribution in [-0.2, 0) is 43.2 Å². The number of imide groups is 1. The van der Waals surface area contributed by atoms with Crippen molar-refractivity contribution < 1.29 is 23.9 Å². The Morgan fingerprint density at radius 2 is 1.49 bits per heavy atom. The average Bonchev–Trinajstić information content (AvgIpc) is 3.19. The van der Waals surface area contributed by atoms with E-state index in [1.807, 2.05) is 73.6 Å². The van der Waals surface area contributed by atoms with E-state index >= 15 is 0 Å². The van der Waals surface area contributed by atoms with Crippen LogP contribution in [0.25, 0.3) is 0 Å². The van der Waals surface area contributed by atoms with Gasteiger partial charge in [-0.05, 0) is 67.1 Å². The molecule has 2 amide bonds. The lowest BCUT2D eigenvalue weighted by atomic mass is 9.77. The predicted octanol–water partition coefficient (Wildman–Crippen LogP) is 7.47. The van der Waals surface area contributed by atoms with E-state index in [9.17, 15) is 19.2 Å². The molecule has 2 fully saturated rings. The van der Waals surface area contributed by atoms with Crippen molar-refractivity contribution in [1.29, 1.82) is 0 Å². The van der Waals surface area contributed by atoms with Crippen molar-refractivity contribution in [3.05, 3.63) is 34.9 Å². The van der Waals surface area contributed by atoms with E-state index in [0.717, 1.165) is 55.6 Å². The van der Waals surface area contributed by atoms with Gasteiger partial charge in [-0.2, -0.15) is 0 Å². The van der Waals surface area contributed by atoms with Crippen LogP contribution in [0.15, 0.2) is 18.2 Å². The van der Waals surface area contributed by atoms with Crippen molar-refractivity contribution in [2.45, 2.75) is 127 Å².